The highest BCUT2D eigenvalue weighted by molar-refractivity contribution is 6.83. The monoisotopic (exact) mass is 310 g/mol. The molecular weight excluding hydrogens is 284 g/mol. The largest absolute Gasteiger partial charge is 0.375 e. The van der Waals surface area contributed by atoms with Crippen LogP contribution in [0.4, 0.5) is 0 Å². The van der Waals surface area contributed by atoms with Gasteiger partial charge < -0.3 is 18.9 Å². The van der Waals surface area contributed by atoms with Crippen molar-refractivity contribution in [3.63, 3.8) is 0 Å². The molecule has 0 aliphatic carbocycles. The molecule has 118 valence electrons. The molecule has 0 aromatic heterocycles. The van der Waals surface area contributed by atoms with Gasteiger partial charge in [-0.05, 0) is 0 Å². The average Bonchev–Trinajstić information content (AvgIpc) is 2.90. The Kier molecular flexibility index (Phi) is 6.03. The lowest BCUT2D eigenvalue weighted by molar-refractivity contribution is -0.111. The molecule has 0 amide bonds. The van der Waals surface area contributed by atoms with E-state index in [9.17, 15) is 0 Å². The van der Waals surface area contributed by atoms with Crippen LogP contribution in [-0.4, -0.2) is 53.0 Å². The molecule has 0 saturated carbocycles. The molecule has 1 fully saturated rings. The summed E-state index contributed by atoms with van der Waals surface area (Å²) >= 11 is 0. The minimum Gasteiger partial charge on any atom is -0.375 e. The molecule has 2 rings (SSSR count). The van der Waals surface area contributed by atoms with Crippen molar-refractivity contribution in [1.29, 1.82) is 0 Å². The van der Waals surface area contributed by atoms with E-state index in [2.05, 4.69) is 37.2 Å². The van der Waals surface area contributed by atoms with Crippen LogP contribution in [0.15, 0.2) is 12.2 Å². The third-order valence-corrected chi connectivity index (χ3v) is 4.31. The van der Waals surface area contributed by atoms with Gasteiger partial charge in [-0.25, -0.2) is 0 Å². The Hall–Kier alpha value is -0.643. The summed E-state index contributed by atoms with van der Waals surface area (Å²) in [6.45, 7) is 8.08. The molecular formula is C16H26O4Si. The van der Waals surface area contributed by atoms with E-state index in [0.717, 1.165) is 6.42 Å². The second-order valence-corrected chi connectivity index (χ2v) is 11.2. The van der Waals surface area contributed by atoms with E-state index in [1.54, 1.807) is 7.11 Å². The molecule has 0 bridgehead atoms. The first kappa shape index (κ1) is 16.7. The first-order valence-corrected chi connectivity index (χ1v) is 11.1. The maximum Gasteiger partial charge on any atom is 0.160 e. The highest BCUT2D eigenvalue weighted by Crippen LogP contribution is 2.23. The van der Waals surface area contributed by atoms with Crippen LogP contribution in [0.5, 0.6) is 0 Å². The van der Waals surface area contributed by atoms with Crippen molar-refractivity contribution < 1.29 is 18.9 Å². The first-order chi connectivity index (χ1) is 9.98. The Morgan fingerprint density at radius 3 is 2.52 bits per heavy atom. The summed E-state index contributed by atoms with van der Waals surface area (Å²) in [5.74, 6) is 3.28. The second-order valence-electron chi connectivity index (χ2n) is 6.46. The second kappa shape index (κ2) is 7.57. The highest BCUT2D eigenvalue weighted by atomic mass is 28.3. The fourth-order valence-electron chi connectivity index (χ4n) is 2.38. The van der Waals surface area contributed by atoms with Gasteiger partial charge in [0, 0.05) is 20.0 Å². The lowest BCUT2D eigenvalue weighted by Gasteiger charge is -2.31. The zero-order chi connectivity index (χ0) is 15.3. The Morgan fingerprint density at radius 1 is 1.19 bits per heavy atom. The summed E-state index contributed by atoms with van der Waals surface area (Å²) in [5.41, 5.74) is 3.38. The molecule has 2 aliphatic rings. The van der Waals surface area contributed by atoms with Crippen LogP contribution in [-0.2, 0) is 18.9 Å². The molecule has 3 atom stereocenters. The molecule has 0 radical (unpaired) electrons. The third-order valence-electron chi connectivity index (χ3n) is 3.39. The molecule has 2 aliphatic heterocycles. The fraction of sp³-hybridized carbons (Fsp3) is 0.750. The van der Waals surface area contributed by atoms with Gasteiger partial charge in [-0.1, -0.05) is 31.8 Å². The third kappa shape index (κ3) is 5.57. The van der Waals surface area contributed by atoms with Gasteiger partial charge in [0.05, 0.1) is 25.4 Å². The maximum atomic E-state index is 6.11. The average molecular weight is 310 g/mol. The van der Waals surface area contributed by atoms with Gasteiger partial charge in [0.15, 0.2) is 6.29 Å². The van der Waals surface area contributed by atoms with Gasteiger partial charge >= 0.3 is 0 Å². The SMILES string of the molecule is COC1C=CC(CC2OCCO2)OC1CC#C[Si](C)(C)C. The molecule has 1 saturated heterocycles. The zero-order valence-corrected chi connectivity index (χ0v) is 14.4. The van der Waals surface area contributed by atoms with Crippen molar-refractivity contribution in [1.82, 2.24) is 0 Å². The van der Waals surface area contributed by atoms with Crippen molar-refractivity contribution in [2.45, 2.75) is 57.1 Å². The van der Waals surface area contributed by atoms with Gasteiger partial charge in [-0.15, -0.1) is 11.5 Å². The Morgan fingerprint density at radius 2 is 1.90 bits per heavy atom. The summed E-state index contributed by atoms with van der Waals surface area (Å²) in [7, 11) is 0.373. The van der Waals surface area contributed by atoms with Crippen LogP contribution in [0.25, 0.3) is 0 Å². The summed E-state index contributed by atoms with van der Waals surface area (Å²) in [6.07, 6.45) is 5.37. The Balaban J connectivity index is 1.91. The van der Waals surface area contributed by atoms with Gasteiger partial charge in [-0.3, -0.25) is 0 Å². The molecule has 0 aromatic rings. The normalized spacial score (nSPS) is 30.2. The van der Waals surface area contributed by atoms with Gasteiger partial charge in [-0.2, -0.15) is 0 Å². The van der Waals surface area contributed by atoms with Gasteiger partial charge in [0.2, 0.25) is 0 Å². The van der Waals surface area contributed by atoms with Crippen molar-refractivity contribution in [3.05, 3.63) is 12.2 Å². The molecule has 0 N–H and O–H groups in total. The van der Waals surface area contributed by atoms with Crippen molar-refractivity contribution >= 4 is 8.07 Å². The molecule has 21 heavy (non-hydrogen) atoms. The Labute approximate surface area is 128 Å². The van der Waals surface area contributed by atoms with E-state index < -0.39 is 8.07 Å². The van der Waals surface area contributed by atoms with Crippen LogP contribution in [0.3, 0.4) is 0 Å². The van der Waals surface area contributed by atoms with Gasteiger partial charge in [0.25, 0.3) is 0 Å². The standard InChI is InChI=1S/C16H26O4Si/c1-17-14-8-7-13(12-16-18-9-10-19-16)20-15(14)6-5-11-21(2,3)4/h7-8,13-16H,6,9-10,12H2,1-4H3. The Bertz CT molecular complexity index is 412. The van der Waals surface area contributed by atoms with E-state index in [-0.39, 0.29) is 24.6 Å². The molecule has 3 unspecified atom stereocenters. The van der Waals surface area contributed by atoms with Crippen LogP contribution >= 0.6 is 0 Å². The van der Waals surface area contributed by atoms with Crippen LogP contribution in [0.2, 0.25) is 19.6 Å². The minimum atomic E-state index is -1.34. The van der Waals surface area contributed by atoms with E-state index in [0.29, 0.717) is 19.6 Å². The molecule has 0 aromatic carbocycles. The number of ether oxygens (including phenoxy) is 4. The van der Waals surface area contributed by atoms with Crippen molar-refractivity contribution in [2.24, 2.45) is 0 Å². The minimum absolute atomic E-state index is 0.0122. The van der Waals surface area contributed by atoms with E-state index in [1.165, 1.54) is 0 Å². The predicted molar refractivity (Wildman–Crippen MR) is 84.6 cm³/mol. The molecule has 4 nitrogen and oxygen atoms in total. The number of hydrogen-bond donors (Lipinski definition) is 0. The summed E-state index contributed by atoms with van der Waals surface area (Å²) < 4.78 is 22.5. The predicted octanol–water partition coefficient (Wildman–Crippen LogP) is 2.36. The zero-order valence-electron chi connectivity index (χ0n) is 13.4. The van der Waals surface area contributed by atoms with Crippen LogP contribution in [0.1, 0.15) is 12.8 Å². The van der Waals surface area contributed by atoms with E-state index in [4.69, 9.17) is 18.9 Å². The summed E-state index contributed by atoms with van der Waals surface area (Å²) in [6, 6.07) is 0. The van der Waals surface area contributed by atoms with Crippen molar-refractivity contribution in [2.75, 3.05) is 20.3 Å². The van der Waals surface area contributed by atoms with Gasteiger partial charge in [0.1, 0.15) is 14.2 Å². The summed E-state index contributed by atoms with van der Waals surface area (Å²) in [5, 5.41) is 0. The lowest BCUT2D eigenvalue weighted by Crippen LogP contribution is -2.37. The maximum absolute atomic E-state index is 6.11. The molecule has 0 spiro atoms. The molecule has 2 heterocycles. The fourth-order valence-corrected chi connectivity index (χ4v) is 3.02. The molecule has 5 heteroatoms. The summed E-state index contributed by atoms with van der Waals surface area (Å²) in [4.78, 5) is 0. The first-order valence-electron chi connectivity index (χ1n) is 7.58. The quantitative estimate of drug-likeness (QED) is 0.454. The van der Waals surface area contributed by atoms with E-state index >= 15 is 0 Å². The number of hydrogen-bond acceptors (Lipinski definition) is 4. The lowest BCUT2D eigenvalue weighted by atomic mass is 10.0. The highest BCUT2D eigenvalue weighted by Gasteiger charge is 2.29. The van der Waals surface area contributed by atoms with Crippen LogP contribution < -0.4 is 0 Å². The number of methoxy groups -OCH3 is 1. The van der Waals surface area contributed by atoms with Crippen molar-refractivity contribution in [3.8, 4) is 11.5 Å². The number of rotatable bonds is 4. The smallest absolute Gasteiger partial charge is 0.160 e. The van der Waals surface area contributed by atoms with E-state index in [1.807, 2.05) is 6.08 Å². The topological polar surface area (TPSA) is 36.9 Å². The van der Waals surface area contributed by atoms with Crippen LogP contribution in [0, 0.1) is 11.5 Å².